The van der Waals surface area contributed by atoms with Gasteiger partial charge in [-0.15, -0.1) is 0 Å². The van der Waals surface area contributed by atoms with Crippen molar-refractivity contribution >= 4 is 31.5 Å². The minimum absolute atomic E-state index is 0.0852. The molecule has 0 aromatic heterocycles. The molecule has 3 atom stereocenters. The highest BCUT2D eigenvalue weighted by molar-refractivity contribution is 9.10. The minimum atomic E-state index is -3.65. The Labute approximate surface area is 184 Å². The Bertz CT molecular complexity index is 1210. The van der Waals surface area contributed by atoms with Crippen molar-refractivity contribution in [2.75, 3.05) is 0 Å². The first-order valence-electron chi connectivity index (χ1n) is 9.86. The van der Waals surface area contributed by atoms with Crippen molar-refractivity contribution in [2.45, 2.75) is 28.6 Å². The number of hydrogen-bond donors (Lipinski definition) is 0. The summed E-state index contributed by atoms with van der Waals surface area (Å²) in [6.07, 6.45) is 0.544. The highest BCUT2D eigenvalue weighted by atomic mass is 79.9. The Hall–Kier alpha value is -2.44. The van der Waals surface area contributed by atoms with Gasteiger partial charge < -0.3 is 4.84 Å². The number of fused-ring (bicyclic) bond motifs is 1. The molecule has 30 heavy (non-hydrogen) atoms. The predicted molar refractivity (Wildman–Crippen MR) is 120 cm³/mol. The molecule has 1 heterocycles. The Kier molecular flexibility index (Phi) is 4.79. The third-order valence-corrected chi connectivity index (χ3v) is 9.14. The summed E-state index contributed by atoms with van der Waals surface area (Å²) >= 11 is 3.51. The van der Waals surface area contributed by atoms with Gasteiger partial charge in [0.25, 0.3) is 0 Å². The predicted octanol–water partition coefficient (Wildman–Crippen LogP) is 5.33. The number of sulfone groups is 1. The topological polar surface area (TPSA) is 55.7 Å². The van der Waals surface area contributed by atoms with Crippen molar-refractivity contribution in [3.05, 3.63) is 101 Å². The maximum atomic E-state index is 14.0. The lowest BCUT2D eigenvalue weighted by atomic mass is 9.91. The molecule has 3 aromatic carbocycles. The van der Waals surface area contributed by atoms with Gasteiger partial charge in [-0.1, -0.05) is 81.7 Å². The van der Waals surface area contributed by atoms with E-state index in [2.05, 4.69) is 21.1 Å². The van der Waals surface area contributed by atoms with Gasteiger partial charge in [-0.3, -0.25) is 0 Å². The zero-order valence-electron chi connectivity index (χ0n) is 16.1. The van der Waals surface area contributed by atoms with Gasteiger partial charge in [0.2, 0.25) is 0 Å². The Morgan fingerprint density at radius 2 is 1.60 bits per heavy atom. The SMILES string of the molecule is O=S(=O)(c1ccccc1)[C@@]1(c2ccccc2)CC2ON=C(c3cccc(Br)c3)C2C1. The van der Waals surface area contributed by atoms with Gasteiger partial charge in [-0.25, -0.2) is 8.42 Å². The largest absolute Gasteiger partial charge is 0.391 e. The molecule has 1 aliphatic heterocycles. The summed E-state index contributed by atoms with van der Waals surface area (Å²) in [5.74, 6) is -0.0852. The number of nitrogens with zero attached hydrogens (tertiary/aromatic N) is 1. The summed E-state index contributed by atoms with van der Waals surface area (Å²) in [7, 11) is -3.65. The van der Waals surface area contributed by atoms with E-state index in [-0.39, 0.29) is 12.0 Å². The molecule has 0 spiro atoms. The fourth-order valence-electron chi connectivity index (χ4n) is 4.70. The number of benzene rings is 3. The van der Waals surface area contributed by atoms with Crippen molar-refractivity contribution in [3.63, 3.8) is 0 Å². The van der Waals surface area contributed by atoms with E-state index in [1.807, 2.05) is 60.7 Å². The van der Waals surface area contributed by atoms with Gasteiger partial charge in [-0.2, -0.15) is 0 Å². The Morgan fingerprint density at radius 3 is 2.30 bits per heavy atom. The van der Waals surface area contributed by atoms with Crippen molar-refractivity contribution < 1.29 is 13.3 Å². The van der Waals surface area contributed by atoms with E-state index in [1.54, 1.807) is 24.3 Å². The van der Waals surface area contributed by atoms with Crippen LogP contribution in [-0.4, -0.2) is 20.2 Å². The molecule has 0 saturated heterocycles. The van der Waals surface area contributed by atoms with E-state index in [0.29, 0.717) is 17.7 Å². The quantitative estimate of drug-likeness (QED) is 0.505. The fourth-order valence-corrected chi connectivity index (χ4v) is 7.30. The van der Waals surface area contributed by atoms with Crippen LogP contribution in [0.4, 0.5) is 0 Å². The molecule has 0 N–H and O–H groups in total. The number of oxime groups is 1. The van der Waals surface area contributed by atoms with E-state index in [4.69, 9.17) is 4.84 Å². The van der Waals surface area contributed by atoms with Crippen LogP contribution in [0.3, 0.4) is 0 Å². The van der Waals surface area contributed by atoms with Crippen LogP contribution in [0.15, 0.2) is 99.5 Å². The standard InChI is InChI=1S/C24H20BrNO3S/c25-19-11-7-8-17(14-19)23-21-15-24(16-22(21)29-26-23,18-9-3-1-4-10-18)30(27,28)20-12-5-2-6-13-20/h1-14,21-22H,15-16H2/t21?,22?,24-/m1/s1. The first-order valence-corrected chi connectivity index (χ1v) is 12.1. The third-order valence-electron chi connectivity index (χ3n) is 6.16. The van der Waals surface area contributed by atoms with Gasteiger partial charge in [0, 0.05) is 22.4 Å². The molecule has 4 nitrogen and oxygen atoms in total. The average Bonchev–Trinajstić information content (AvgIpc) is 3.34. The fraction of sp³-hybridized carbons (Fsp3) is 0.208. The van der Waals surface area contributed by atoms with Crippen molar-refractivity contribution in [1.29, 1.82) is 0 Å². The van der Waals surface area contributed by atoms with E-state index in [0.717, 1.165) is 21.3 Å². The summed E-state index contributed by atoms with van der Waals surface area (Å²) in [6, 6.07) is 26.2. The Morgan fingerprint density at radius 1 is 0.900 bits per heavy atom. The van der Waals surface area contributed by atoms with Crippen LogP contribution in [0.1, 0.15) is 24.0 Å². The first kappa shape index (κ1) is 19.5. The van der Waals surface area contributed by atoms with Crippen molar-refractivity contribution in [2.24, 2.45) is 11.1 Å². The zero-order valence-corrected chi connectivity index (χ0v) is 18.5. The number of hydrogen-bond acceptors (Lipinski definition) is 4. The molecule has 5 rings (SSSR count). The van der Waals surface area contributed by atoms with Crippen LogP contribution in [0.25, 0.3) is 0 Å². The van der Waals surface area contributed by atoms with Gasteiger partial charge in [0.1, 0.15) is 10.9 Å². The molecule has 0 radical (unpaired) electrons. The smallest absolute Gasteiger partial charge is 0.188 e. The summed E-state index contributed by atoms with van der Waals surface area (Å²) in [6.45, 7) is 0. The highest BCUT2D eigenvalue weighted by Gasteiger charge is 2.59. The molecular formula is C24H20BrNO3S. The molecular weight excluding hydrogens is 462 g/mol. The van der Waals surface area contributed by atoms with E-state index in [1.165, 1.54) is 0 Å². The zero-order chi connectivity index (χ0) is 20.8. The molecule has 3 aromatic rings. The van der Waals surface area contributed by atoms with Gasteiger partial charge in [0.15, 0.2) is 9.84 Å². The molecule has 0 amide bonds. The van der Waals surface area contributed by atoms with Gasteiger partial charge in [0.05, 0.1) is 10.6 Å². The maximum Gasteiger partial charge on any atom is 0.188 e. The van der Waals surface area contributed by atoms with E-state index < -0.39 is 14.6 Å². The van der Waals surface area contributed by atoms with Crippen LogP contribution in [0, 0.1) is 5.92 Å². The normalized spacial score (nSPS) is 25.4. The third kappa shape index (κ3) is 3.01. The molecule has 1 fully saturated rings. The van der Waals surface area contributed by atoms with Crippen molar-refractivity contribution in [3.8, 4) is 0 Å². The summed E-state index contributed by atoms with van der Waals surface area (Å²) in [5.41, 5.74) is 2.58. The van der Waals surface area contributed by atoms with Crippen molar-refractivity contribution in [1.82, 2.24) is 0 Å². The van der Waals surface area contributed by atoms with Crippen LogP contribution < -0.4 is 0 Å². The number of rotatable bonds is 4. The maximum absolute atomic E-state index is 14.0. The lowest BCUT2D eigenvalue weighted by Gasteiger charge is -2.30. The Balaban J connectivity index is 1.62. The molecule has 1 saturated carbocycles. The van der Waals surface area contributed by atoms with Crippen LogP contribution in [-0.2, 0) is 19.4 Å². The monoisotopic (exact) mass is 481 g/mol. The van der Waals surface area contributed by atoms with Gasteiger partial charge in [-0.05, 0) is 36.2 Å². The highest BCUT2D eigenvalue weighted by Crippen LogP contribution is 2.53. The molecule has 6 heteroatoms. The molecule has 2 aliphatic rings. The lowest BCUT2D eigenvalue weighted by Crippen LogP contribution is -2.34. The summed E-state index contributed by atoms with van der Waals surface area (Å²) < 4.78 is 27.9. The molecule has 2 unspecified atom stereocenters. The van der Waals surface area contributed by atoms with E-state index >= 15 is 0 Å². The second-order valence-electron chi connectivity index (χ2n) is 7.82. The summed E-state index contributed by atoms with van der Waals surface area (Å²) in [4.78, 5) is 6.14. The molecule has 152 valence electrons. The summed E-state index contributed by atoms with van der Waals surface area (Å²) in [5, 5.41) is 4.35. The van der Waals surface area contributed by atoms with Gasteiger partial charge >= 0.3 is 0 Å². The lowest BCUT2D eigenvalue weighted by molar-refractivity contribution is 0.0723. The second-order valence-corrected chi connectivity index (χ2v) is 11.0. The second kappa shape index (κ2) is 7.36. The van der Waals surface area contributed by atoms with Crippen LogP contribution >= 0.6 is 15.9 Å². The molecule has 0 bridgehead atoms. The minimum Gasteiger partial charge on any atom is -0.391 e. The van der Waals surface area contributed by atoms with Crippen LogP contribution in [0.2, 0.25) is 0 Å². The average molecular weight is 482 g/mol. The molecule has 1 aliphatic carbocycles. The first-order chi connectivity index (χ1) is 14.5. The number of halogens is 1. The van der Waals surface area contributed by atoms with Crippen LogP contribution in [0.5, 0.6) is 0 Å². The van der Waals surface area contributed by atoms with E-state index in [9.17, 15) is 8.42 Å².